The maximum atomic E-state index is 13.6. The number of nitrogens with one attached hydrogen (secondary N) is 2. The molecule has 2 aliphatic rings. The zero-order valence-electron chi connectivity index (χ0n) is 24.1. The number of carbonyl (C=O) groups excluding carboxylic acids is 2. The maximum Gasteiger partial charge on any atom is 0.305 e. The molecule has 2 aliphatic carbocycles. The van der Waals surface area contributed by atoms with Gasteiger partial charge in [0.2, 0.25) is 11.8 Å². The summed E-state index contributed by atoms with van der Waals surface area (Å²) in [7, 11) is 0. The Balaban J connectivity index is 1.99. The van der Waals surface area contributed by atoms with Crippen molar-refractivity contribution in [3.05, 3.63) is 0 Å². The minimum Gasteiger partial charge on any atom is -0.481 e. The summed E-state index contributed by atoms with van der Waals surface area (Å²) in [6.45, 7) is 5.01. The second-order valence-corrected chi connectivity index (χ2v) is 12.6. The van der Waals surface area contributed by atoms with Crippen LogP contribution < -0.4 is 10.6 Å². The number of amides is 2. The number of unbranched alkanes of at least 4 members (excludes halogenated alkanes) is 7. The molecule has 0 spiro atoms. The predicted octanol–water partition coefficient (Wildman–Crippen LogP) is 4.70. The van der Waals surface area contributed by atoms with Crippen LogP contribution in [0.2, 0.25) is 0 Å². The van der Waals surface area contributed by atoms with Crippen LogP contribution in [0.5, 0.6) is 0 Å². The fourth-order valence-corrected chi connectivity index (χ4v) is 6.13. The molecule has 8 heteroatoms. The third-order valence-corrected chi connectivity index (χ3v) is 9.07. The second kappa shape index (κ2) is 15.8. The average Bonchev–Trinajstić information content (AvgIpc) is 2.85. The number of rotatable bonds is 18. The quantitative estimate of drug-likeness (QED) is 0.161. The Morgan fingerprint density at radius 3 is 2.11 bits per heavy atom. The van der Waals surface area contributed by atoms with Gasteiger partial charge in [0.25, 0.3) is 0 Å². The van der Waals surface area contributed by atoms with Gasteiger partial charge in [-0.15, -0.1) is 0 Å². The number of hydrogen-bond donors (Lipinski definition) is 5. The smallest absolute Gasteiger partial charge is 0.305 e. The third-order valence-electron chi connectivity index (χ3n) is 9.07. The number of hydrogen-bond acceptors (Lipinski definition) is 5. The van der Waals surface area contributed by atoms with Crippen LogP contribution in [0, 0.1) is 16.7 Å². The van der Waals surface area contributed by atoms with Gasteiger partial charge < -0.3 is 26.0 Å². The number of carboxylic acid groups (broad SMARTS) is 1. The number of aliphatic carboxylic acids is 1. The molecular formula is C30H54N2O6. The fraction of sp³-hybridized carbons (Fsp3) is 0.900. The molecular weight excluding hydrogens is 484 g/mol. The SMILES string of the molecule is CCCCCCCCCCC1(C(=O)NC2CCCCC2C(CC(=O)O)NC(=O)C(O)C(C)(C)CO)CCC1. The molecule has 2 fully saturated rings. The van der Waals surface area contributed by atoms with Crippen molar-refractivity contribution in [3.8, 4) is 0 Å². The van der Waals surface area contributed by atoms with Crippen LogP contribution in [0.3, 0.4) is 0 Å². The van der Waals surface area contributed by atoms with E-state index in [1.165, 1.54) is 38.5 Å². The monoisotopic (exact) mass is 538 g/mol. The summed E-state index contributed by atoms with van der Waals surface area (Å²) in [6, 6.07) is -0.917. The molecule has 0 saturated heterocycles. The molecule has 2 rings (SSSR count). The molecule has 5 N–H and O–H groups in total. The first-order chi connectivity index (χ1) is 18.1. The van der Waals surface area contributed by atoms with Crippen LogP contribution in [-0.4, -0.2) is 57.9 Å². The van der Waals surface area contributed by atoms with E-state index in [1.807, 2.05) is 0 Å². The van der Waals surface area contributed by atoms with E-state index < -0.39 is 29.4 Å². The highest BCUT2D eigenvalue weighted by atomic mass is 16.4. The van der Waals surface area contributed by atoms with E-state index in [0.29, 0.717) is 6.42 Å². The Morgan fingerprint density at radius 2 is 1.55 bits per heavy atom. The van der Waals surface area contributed by atoms with Gasteiger partial charge in [-0.25, -0.2) is 0 Å². The van der Waals surface area contributed by atoms with E-state index in [2.05, 4.69) is 17.6 Å². The molecule has 4 atom stereocenters. The summed E-state index contributed by atoms with van der Waals surface area (Å²) >= 11 is 0. The highest BCUT2D eigenvalue weighted by Gasteiger charge is 2.45. The highest BCUT2D eigenvalue weighted by Crippen LogP contribution is 2.46. The van der Waals surface area contributed by atoms with Gasteiger partial charge in [-0.05, 0) is 38.0 Å². The van der Waals surface area contributed by atoms with Crippen molar-refractivity contribution in [1.29, 1.82) is 0 Å². The number of aliphatic hydroxyl groups excluding tert-OH is 2. The first kappa shape index (κ1) is 32.5. The number of carbonyl (C=O) groups is 3. The van der Waals surface area contributed by atoms with Crippen LogP contribution in [0.4, 0.5) is 0 Å². The van der Waals surface area contributed by atoms with E-state index in [0.717, 1.165) is 57.8 Å². The molecule has 2 amide bonds. The molecule has 0 aromatic carbocycles. The Bertz CT molecular complexity index is 751. The average molecular weight is 539 g/mol. The van der Waals surface area contributed by atoms with Crippen molar-refractivity contribution in [2.75, 3.05) is 6.61 Å². The van der Waals surface area contributed by atoms with Crippen molar-refractivity contribution >= 4 is 17.8 Å². The topological polar surface area (TPSA) is 136 Å². The lowest BCUT2D eigenvalue weighted by atomic mass is 9.64. The Labute approximate surface area is 229 Å². The molecule has 38 heavy (non-hydrogen) atoms. The first-order valence-corrected chi connectivity index (χ1v) is 15.2. The second-order valence-electron chi connectivity index (χ2n) is 12.6. The van der Waals surface area contributed by atoms with E-state index in [9.17, 15) is 29.7 Å². The van der Waals surface area contributed by atoms with Crippen LogP contribution in [0.25, 0.3) is 0 Å². The highest BCUT2D eigenvalue weighted by molar-refractivity contribution is 5.84. The number of aliphatic hydroxyl groups is 2. The van der Waals surface area contributed by atoms with Gasteiger partial charge in [-0.3, -0.25) is 14.4 Å². The molecule has 0 bridgehead atoms. The van der Waals surface area contributed by atoms with E-state index in [-0.39, 0.29) is 36.3 Å². The fourth-order valence-electron chi connectivity index (χ4n) is 6.13. The molecule has 0 aromatic rings. The summed E-state index contributed by atoms with van der Waals surface area (Å²) < 4.78 is 0. The lowest BCUT2D eigenvalue weighted by Gasteiger charge is -2.44. The predicted molar refractivity (Wildman–Crippen MR) is 148 cm³/mol. The van der Waals surface area contributed by atoms with Crippen molar-refractivity contribution in [1.82, 2.24) is 10.6 Å². The Kier molecular flexibility index (Phi) is 13.5. The molecule has 0 heterocycles. The van der Waals surface area contributed by atoms with Crippen molar-refractivity contribution < 1.29 is 29.7 Å². The van der Waals surface area contributed by atoms with Gasteiger partial charge in [-0.1, -0.05) is 91.4 Å². The van der Waals surface area contributed by atoms with Gasteiger partial charge in [0, 0.05) is 22.9 Å². The summed E-state index contributed by atoms with van der Waals surface area (Å²) in [5, 5.41) is 35.6. The zero-order valence-corrected chi connectivity index (χ0v) is 24.1. The standard InChI is InChI=1S/C30H54N2O6/c1-4-5-6-7-8-9-10-13-17-30(18-14-19-30)28(38)32-23-16-12-11-15-22(23)24(20-25(34)35)31-27(37)26(36)29(2,3)21-33/h22-24,26,33,36H,4-21H2,1-3H3,(H,31,37)(H,32,38)(H,34,35). The summed E-state index contributed by atoms with van der Waals surface area (Å²) in [6.07, 6.45) is 15.2. The molecule has 0 radical (unpaired) electrons. The van der Waals surface area contributed by atoms with Gasteiger partial charge in [0.15, 0.2) is 0 Å². The molecule has 0 aliphatic heterocycles. The normalized spacial score (nSPS) is 22.7. The first-order valence-electron chi connectivity index (χ1n) is 15.2. The van der Waals surface area contributed by atoms with Crippen molar-refractivity contribution in [2.45, 2.75) is 148 Å². The lowest BCUT2D eigenvalue weighted by molar-refractivity contribution is -0.141. The van der Waals surface area contributed by atoms with Gasteiger partial charge in [-0.2, -0.15) is 0 Å². The summed E-state index contributed by atoms with van der Waals surface area (Å²) in [5.41, 5.74) is -1.36. The summed E-state index contributed by atoms with van der Waals surface area (Å²) in [5.74, 6) is -1.86. The van der Waals surface area contributed by atoms with Crippen LogP contribution in [0.1, 0.15) is 130 Å². The molecule has 220 valence electrons. The van der Waals surface area contributed by atoms with Gasteiger partial charge in [0.1, 0.15) is 6.10 Å². The Hall–Kier alpha value is -1.67. The van der Waals surface area contributed by atoms with E-state index >= 15 is 0 Å². The molecule has 0 aromatic heterocycles. The zero-order chi connectivity index (χ0) is 28.2. The van der Waals surface area contributed by atoms with Gasteiger partial charge >= 0.3 is 5.97 Å². The van der Waals surface area contributed by atoms with Crippen LogP contribution >= 0.6 is 0 Å². The largest absolute Gasteiger partial charge is 0.481 e. The lowest BCUT2D eigenvalue weighted by Crippen LogP contribution is -2.57. The molecule has 4 unspecified atom stereocenters. The van der Waals surface area contributed by atoms with Gasteiger partial charge in [0.05, 0.1) is 13.0 Å². The third kappa shape index (κ3) is 9.51. The minimum atomic E-state index is -1.47. The maximum absolute atomic E-state index is 13.6. The van der Waals surface area contributed by atoms with Crippen LogP contribution in [0.15, 0.2) is 0 Å². The summed E-state index contributed by atoms with van der Waals surface area (Å²) in [4.78, 5) is 38.1. The van der Waals surface area contributed by atoms with Crippen molar-refractivity contribution in [2.24, 2.45) is 16.7 Å². The van der Waals surface area contributed by atoms with Crippen LogP contribution in [-0.2, 0) is 14.4 Å². The Morgan fingerprint density at radius 1 is 0.947 bits per heavy atom. The van der Waals surface area contributed by atoms with E-state index in [4.69, 9.17) is 0 Å². The van der Waals surface area contributed by atoms with E-state index in [1.54, 1.807) is 13.8 Å². The minimum absolute atomic E-state index is 0.0884. The number of carboxylic acids is 1. The molecule has 2 saturated carbocycles. The molecule has 8 nitrogen and oxygen atoms in total. The van der Waals surface area contributed by atoms with Crippen molar-refractivity contribution in [3.63, 3.8) is 0 Å².